The van der Waals surface area contributed by atoms with Crippen molar-refractivity contribution in [3.8, 4) is 5.75 Å². The zero-order valence-electron chi connectivity index (χ0n) is 11.6. The van der Waals surface area contributed by atoms with Crippen LogP contribution in [-0.4, -0.2) is 10.1 Å². The fourth-order valence-electron chi connectivity index (χ4n) is 2.49. The van der Waals surface area contributed by atoms with Gasteiger partial charge >= 0.3 is 0 Å². The van der Waals surface area contributed by atoms with E-state index in [4.69, 9.17) is 0 Å². The predicted molar refractivity (Wildman–Crippen MR) is 83.2 cm³/mol. The van der Waals surface area contributed by atoms with Gasteiger partial charge in [-0.05, 0) is 49.7 Å². The van der Waals surface area contributed by atoms with Crippen LogP contribution in [-0.2, 0) is 0 Å². The smallest absolute Gasteiger partial charge is 0.121 e. The highest BCUT2D eigenvalue weighted by atomic mass is 16.3. The summed E-state index contributed by atoms with van der Waals surface area (Å²) in [7, 11) is 0. The van der Waals surface area contributed by atoms with Gasteiger partial charge in [0.1, 0.15) is 5.75 Å². The Morgan fingerprint density at radius 3 is 2.75 bits per heavy atom. The molecule has 1 aromatic heterocycles. The number of aromatic amines is 1. The molecule has 3 aromatic rings. The molecule has 0 spiro atoms. The number of phenols is 1. The SMILES string of the molecule is Cc1ccc(C(C)Nc2ccc3[nH]ccc3c2)c(O)c1. The molecular formula is C17H18N2O. The number of H-pyrrole nitrogens is 1. The highest BCUT2D eigenvalue weighted by Gasteiger charge is 2.10. The van der Waals surface area contributed by atoms with Crippen LogP contribution in [0.25, 0.3) is 10.9 Å². The van der Waals surface area contributed by atoms with Gasteiger partial charge in [0.25, 0.3) is 0 Å². The summed E-state index contributed by atoms with van der Waals surface area (Å²) in [4.78, 5) is 3.18. The van der Waals surface area contributed by atoms with E-state index in [2.05, 4.69) is 28.5 Å². The number of phenolic OH excluding ortho intramolecular Hbond substituents is 1. The molecule has 102 valence electrons. The van der Waals surface area contributed by atoms with Crippen LogP contribution in [0.15, 0.2) is 48.7 Å². The third kappa shape index (κ3) is 2.35. The summed E-state index contributed by atoms with van der Waals surface area (Å²) < 4.78 is 0. The third-order valence-electron chi connectivity index (χ3n) is 3.59. The van der Waals surface area contributed by atoms with E-state index < -0.39 is 0 Å². The van der Waals surface area contributed by atoms with E-state index in [0.29, 0.717) is 5.75 Å². The number of hydrogen-bond donors (Lipinski definition) is 3. The van der Waals surface area contributed by atoms with Gasteiger partial charge in [0.15, 0.2) is 0 Å². The Bertz CT molecular complexity index is 746. The van der Waals surface area contributed by atoms with Crippen LogP contribution in [0, 0.1) is 6.92 Å². The number of benzene rings is 2. The van der Waals surface area contributed by atoms with E-state index in [1.165, 1.54) is 5.39 Å². The molecule has 1 heterocycles. The summed E-state index contributed by atoms with van der Waals surface area (Å²) in [6, 6.07) is 14.1. The molecule has 0 aliphatic rings. The van der Waals surface area contributed by atoms with Gasteiger partial charge in [-0.2, -0.15) is 0 Å². The quantitative estimate of drug-likeness (QED) is 0.660. The van der Waals surface area contributed by atoms with Crippen LogP contribution in [0.3, 0.4) is 0 Å². The molecule has 0 fully saturated rings. The zero-order valence-corrected chi connectivity index (χ0v) is 11.6. The number of nitrogens with one attached hydrogen (secondary N) is 2. The molecule has 0 aliphatic heterocycles. The van der Waals surface area contributed by atoms with Crippen LogP contribution in [0.1, 0.15) is 24.1 Å². The standard InChI is InChI=1S/C17H18N2O/c1-11-3-5-15(17(20)9-11)12(2)19-14-4-6-16-13(10-14)7-8-18-16/h3-10,12,18-20H,1-2H3. The van der Waals surface area contributed by atoms with Crippen molar-refractivity contribution in [3.05, 3.63) is 59.8 Å². The average Bonchev–Trinajstić information content (AvgIpc) is 2.85. The minimum Gasteiger partial charge on any atom is -0.508 e. The van der Waals surface area contributed by atoms with Gasteiger partial charge in [0, 0.05) is 28.4 Å². The lowest BCUT2D eigenvalue weighted by Crippen LogP contribution is -2.06. The Morgan fingerprint density at radius 2 is 1.95 bits per heavy atom. The molecule has 3 heteroatoms. The van der Waals surface area contributed by atoms with Crippen LogP contribution in [0.2, 0.25) is 0 Å². The van der Waals surface area contributed by atoms with Crippen molar-refractivity contribution in [1.82, 2.24) is 4.98 Å². The average molecular weight is 266 g/mol. The molecule has 0 saturated carbocycles. The van der Waals surface area contributed by atoms with Gasteiger partial charge in [-0.1, -0.05) is 12.1 Å². The van der Waals surface area contributed by atoms with Crippen molar-refractivity contribution < 1.29 is 5.11 Å². The van der Waals surface area contributed by atoms with Gasteiger partial charge < -0.3 is 15.4 Å². The van der Waals surface area contributed by atoms with Crippen molar-refractivity contribution in [2.24, 2.45) is 0 Å². The lowest BCUT2D eigenvalue weighted by atomic mass is 10.0. The second kappa shape index (κ2) is 4.93. The van der Waals surface area contributed by atoms with E-state index in [-0.39, 0.29) is 6.04 Å². The van der Waals surface area contributed by atoms with E-state index in [1.54, 1.807) is 6.07 Å². The number of aryl methyl sites for hydroxylation is 1. The van der Waals surface area contributed by atoms with Crippen LogP contribution >= 0.6 is 0 Å². The molecule has 20 heavy (non-hydrogen) atoms. The summed E-state index contributed by atoms with van der Waals surface area (Å²) in [6.07, 6.45) is 1.93. The van der Waals surface area contributed by atoms with Gasteiger partial charge in [0.2, 0.25) is 0 Å². The Balaban J connectivity index is 1.85. The molecule has 0 aliphatic carbocycles. The van der Waals surface area contributed by atoms with Crippen molar-refractivity contribution in [3.63, 3.8) is 0 Å². The molecule has 1 atom stereocenters. The Morgan fingerprint density at radius 1 is 1.10 bits per heavy atom. The monoisotopic (exact) mass is 266 g/mol. The maximum atomic E-state index is 10.0. The summed E-state index contributed by atoms with van der Waals surface area (Å²) in [5.41, 5.74) is 4.14. The molecule has 0 amide bonds. The van der Waals surface area contributed by atoms with Crippen LogP contribution in [0.4, 0.5) is 5.69 Å². The first-order valence-corrected chi connectivity index (χ1v) is 6.77. The van der Waals surface area contributed by atoms with Gasteiger partial charge in [-0.15, -0.1) is 0 Å². The van der Waals surface area contributed by atoms with Crippen molar-refractivity contribution in [2.45, 2.75) is 19.9 Å². The van der Waals surface area contributed by atoms with E-state index in [9.17, 15) is 5.11 Å². The maximum absolute atomic E-state index is 10.0. The van der Waals surface area contributed by atoms with Gasteiger partial charge in [0.05, 0.1) is 6.04 Å². The molecular weight excluding hydrogens is 248 g/mol. The number of rotatable bonds is 3. The molecule has 3 nitrogen and oxygen atoms in total. The summed E-state index contributed by atoms with van der Waals surface area (Å²) in [5, 5.41) is 14.6. The fourth-order valence-corrected chi connectivity index (χ4v) is 2.49. The second-order valence-corrected chi connectivity index (χ2v) is 5.21. The number of hydrogen-bond acceptors (Lipinski definition) is 2. The topological polar surface area (TPSA) is 48.0 Å². The molecule has 3 N–H and O–H groups in total. The van der Waals surface area contributed by atoms with Crippen LogP contribution < -0.4 is 5.32 Å². The van der Waals surface area contributed by atoms with Crippen molar-refractivity contribution in [2.75, 3.05) is 5.32 Å². The Hall–Kier alpha value is -2.42. The Labute approximate surface area is 118 Å². The minimum atomic E-state index is 0.0481. The third-order valence-corrected chi connectivity index (χ3v) is 3.59. The first kappa shape index (κ1) is 12.6. The maximum Gasteiger partial charge on any atom is 0.121 e. The number of aromatic nitrogens is 1. The number of anilines is 1. The van der Waals surface area contributed by atoms with E-state index in [1.807, 2.05) is 38.2 Å². The molecule has 0 radical (unpaired) electrons. The van der Waals surface area contributed by atoms with Gasteiger partial charge in [-0.3, -0.25) is 0 Å². The lowest BCUT2D eigenvalue weighted by Gasteiger charge is -2.17. The second-order valence-electron chi connectivity index (χ2n) is 5.21. The molecule has 1 unspecified atom stereocenters. The van der Waals surface area contributed by atoms with Crippen molar-refractivity contribution in [1.29, 1.82) is 0 Å². The zero-order chi connectivity index (χ0) is 14.1. The van der Waals surface area contributed by atoms with E-state index >= 15 is 0 Å². The summed E-state index contributed by atoms with van der Waals surface area (Å²) >= 11 is 0. The highest BCUT2D eigenvalue weighted by Crippen LogP contribution is 2.28. The Kier molecular flexibility index (Phi) is 3.11. The predicted octanol–water partition coefficient (Wildman–Crippen LogP) is 4.36. The lowest BCUT2D eigenvalue weighted by molar-refractivity contribution is 0.465. The first-order valence-electron chi connectivity index (χ1n) is 6.77. The number of aromatic hydroxyl groups is 1. The normalized spacial score (nSPS) is 12.5. The largest absolute Gasteiger partial charge is 0.508 e. The number of fused-ring (bicyclic) bond motifs is 1. The fraction of sp³-hybridized carbons (Fsp3) is 0.176. The first-order chi connectivity index (χ1) is 9.63. The summed E-state index contributed by atoms with van der Waals surface area (Å²) in [6.45, 7) is 4.02. The minimum absolute atomic E-state index is 0.0481. The summed E-state index contributed by atoms with van der Waals surface area (Å²) in [5.74, 6) is 0.340. The van der Waals surface area contributed by atoms with Gasteiger partial charge in [-0.25, -0.2) is 0 Å². The molecule has 0 saturated heterocycles. The van der Waals surface area contributed by atoms with Crippen molar-refractivity contribution >= 4 is 16.6 Å². The molecule has 0 bridgehead atoms. The highest BCUT2D eigenvalue weighted by molar-refractivity contribution is 5.83. The molecule has 3 rings (SSSR count). The molecule has 2 aromatic carbocycles. The van der Waals surface area contributed by atoms with E-state index in [0.717, 1.165) is 22.3 Å². The van der Waals surface area contributed by atoms with Crippen LogP contribution in [0.5, 0.6) is 5.75 Å².